The summed E-state index contributed by atoms with van der Waals surface area (Å²) < 4.78 is 2.36. The van der Waals surface area contributed by atoms with Crippen molar-refractivity contribution >= 4 is 0 Å². The van der Waals surface area contributed by atoms with Crippen LogP contribution in [0.4, 0.5) is 0 Å². The highest BCUT2D eigenvalue weighted by Gasteiger charge is 2.24. The van der Waals surface area contributed by atoms with E-state index in [9.17, 15) is 5.11 Å². The number of rotatable bonds is 5. The molecule has 2 atom stereocenters. The number of hydrogen-bond acceptors (Lipinski definition) is 2. The van der Waals surface area contributed by atoms with Gasteiger partial charge >= 0.3 is 0 Å². The second-order valence-corrected chi connectivity index (χ2v) is 5.86. The highest BCUT2D eigenvalue weighted by atomic mass is 16.3. The first-order chi connectivity index (χ1) is 9.17. The number of nitrogens with zero attached hydrogens (tertiary/aromatic N) is 1. The topological polar surface area (TPSA) is 37.2 Å². The van der Waals surface area contributed by atoms with Gasteiger partial charge in [-0.05, 0) is 51.2 Å². The Bertz CT molecular complexity index is 411. The molecule has 1 aliphatic rings. The van der Waals surface area contributed by atoms with Crippen molar-refractivity contribution in [2.45, 2.75) is 65.6 Å². The molecule has 2 unspecified atom stereocenters. The van der Waals surface area contributed by atoms with Gasteiger partial charge in [-0.1, -0.05) is 12.8 Å². The normalized spacial score (nSPS) is 23.8. The standard InChI is InChI=1S/C16H28N2O/c1-4-18-12(2)9-15(13(18)3)10-17-16-8-6-5-7-14(16)11-19/h9,14,16-17,19H,4-8,10-11H2,1-3H3. The molecule has 1 aliphatic carbocycles. The molecule has 0 aromatic carbocycles. The van der Waals surface area contributed by atoms with Gasteiger partial charge in [0, 0.05) is 37.1 Å². The molecule has 19 heavy (non-hydrogen) atoms. The van der Waals surface area contributed by atoms with Crippen molar-refractivity contribution in [3.8, 4) is 0 Å². The minimum atomic E-state index is 0.325. The molecule has 1 aromatic heterocycles. The van der Waals surface area contributed by atoms with Crippen LogP contribution in [0.5, 0.6) is 0 Å². The summed E-state index contributed by atoms with van der Waals surface area (Å²) in [6, 6.07) is 2.78. The summed E-state index contributed by atoms with van der Waals surface area (Å²) in [5.41, 5.74) is 4.13. The maximum absolute atomic E-state index is 9.46. The van der Waals surface area contributed by atoms with Crippen molar-refractivity contribution in [3.63, 3.8) is 0 Å². The van der Waals surface area contributed by atoms with E-state index in [1.54, 1.807) is 0 Å². The van der Waals surface area contributed by atoms with E-state index >= 15 is 0 Å². The van der Waals surface area contributed by atoms with E-state index in [0.717, 1.165) is 13.1 Å². The monoisotopic (exact) mass is 264 g/mol. The lowest BCUT2D eigenvalue weighted by atomic mass is 9.85. The van der Waals surface area contributed by atoms with Crippen molar-refractivity contribution < 1.29 is 5.11 Å². The first-order valence-corrected chi connectivity index (χ1v) is 7.67. The highest BCUT2D eigenvalue weighted by molar-refractivity contribution is 5.26. The lowest BCUT2D eigenvalue weighted by Crippen LogP contribution is -2.39. The third kappa shape index (κ3) is 3.21. The predicted octanol–water partition coefficient (Wildman–Crippen LogP) is 2.77. The summed E-state index contributed by atoms with van der Waals surface area (Å²) in [7, 11) is 0. The molecule has 2 rings (SSSR count). The Kier molecular flexibility index (Phi) is 5.06. The molecule has 3 nitrogen and oxygen atoms in total. The van der Waals surface area contributed by atoms with Gasteiger partial charge in [0.05, 0.1) is 0 Å². The van der Waals surface area contributed by atoms with E-state index in [2.05, 4.69) is 36.7 Å². The summed E-state index contributed by atoms with van der Waals surface area (Å²) in [6.07, 6.45) is 4.94. The summed E-state index contributed by atoms with van der Waals surface area (Å²) in [4.78, 5) is 0. The van der Waals surface area contributed by atoms with E-state index in [4.69, 9.17) is 0 Å². The van der Waals surface area contributed by atoms with Crippen LogP contribution in [0.25, 0.3) is 0 Å². The summed E-state index contributed by atoms with van der Waals surface area (Å²) in [5.74, 6) is 0.448. The molecule has 0 radical (unpaired) electrons. The van der Waals surface area contributed by atoms with Gasteiger partial charge in [-0.3, -0.25) is 0 Å². The zero-order valence-corrected chi connectivity index (χ0v) is 12.6. The molecule has 2 N–H and O–H groups in total. The van der Waals surface area contributed by atoms with Crippen molar-refractivity contribution in [2.75, 3.05) is 6.61 Å². The number of aromatic nitrogens is 1. The number of aliphatic hydroxyl groups is 1. The molecule has 0 aliphatic heterocycles. The number of nitrogens with one attached hydrogen (secondary N) is 1. The predicted molar refractivity (Wildman–Crippen MR) is 79.3 cm³/mol. The molecule has 108 valence electrons. The van der Waals surface area contributed by atoms with E-state index in [1.807, 2.05) is 0 Å². The average Bonchev–Trinajstić information content (AvgIpc) is 2.71. The Morgan fingerprint density at radius 2 is 2.05 bits per heavy atom. The molecular weight excluding hydrogens is 236 g/mol. The van der Waals surface area contributed by atoms with E-state index in [-0.39, 0.29) is 0 Å². The molecule has 1 heterocycles. The smallest absolute Gasteiger partial charge is 0.0474 e. The molecule has 0 saturated heterocycles. The second kappa shape index (κ2) is 6.58. The molecule has 1 saturated carbocycles. The fourth-order valence-electron chi connectivity index (χ4n) is 3.47. The Balaban J connectivity index is 1.98. The van der Waals surface area contributed by atoms with Gasteiger partial charge in [0.1, 0.15) is 0 Å². The highest BCUT2D eigenvalue weighted by Crippen LogP contribution is 2.24. The molecule has 0 bridgehead atoms. The van der Waals surface area contributed by atoms with Crippen LogP contribution in [0, 0.1) is 19.8 Å². The maximum atomic E-state index is 9.46. The first kappa shape index (κ1) is 14.6. The number of aliphatic hydroxyl groups excluding tert-OH is 1. The number of aryl methyl sites for hydroxylation is 1. The third-order valence-electron chi connectivity index (χ3n) is 4.69. The van der Waals surface area contributed by atoms with Gasteiger partial charge in [0.15, 0.2) is 0 Å². The van der Waals surface area contributed by atoms with Crippen LogP contribution in [0.2, 0.25) is 0 Å². The lowest BCUT2D eigenvalue weighted by molar-refractivity contribution is 0.152. The summed E-state index contributed by atoms with van der Waals surface area (Å²) in [6.45, 7) is 8.88. The van der Waals surface area contributed by atoms with Crippen LogP contribution in [0.15, 0.2) is 6.07 Å². The van der Waals surface area contributed by atoms with Crippen molar-refractivity contribution in [3.05, 3.63) is 23.0 Å². The van der Waals surface area contributed by atoms with Crippen molar-refractivity contribution in [1.29, 1.82) is 0 Å². The quantitative estimate of drug-likeness (QED) is 0.858. The van der Waals surface area contributed by atoms with Gasteiger partial charge in [-0.2, -0.15) is 0 Å². The van der Waals surface area contributed by atoms with Crippen LogP contribution in [-0.2, 0) is 13.1 Å². The van der Waals surface area contributed by atoms with Gasteiger partial charge in [0.2, 0.25) is 0 Å². The minimum absolute atomic E-state index is 0.325. The maximum Gasteiger partial charge on any atom is 0.0474 e. The third-order valence-corrected chi connectivity index (χ3v) is 4.69. The minimum Gasteiger partial charge on any atom is -0.396 e. The van der Waals surface area contributed by atoms with Crippen LogP contribution in [0.3, 0.4) is 0 Å². The van der Waals surface area contributed by atoms with Gasteiger partial charge in [-0.15, -0.1) is 0 Å². The Labute approximate surface area is 117 Å². The van der Waals surface area contributed by atoms with Crippen LogP contribution in [0.1, 0.15) is 49.6 Å². The SMILES string of the molecule is CCn1c(C)cc(CNC2CCCCC2CO)c1C. The summed E-state index contributed by atoms with van der Waals surface area (Å²) >= 11 is 0. The van der Waals surface area contributed by atoms with Crippen LogP contribution >= 0.6 is 0 Å². The largest absolute Gasteiger partial charge is 0.396 e. The molecular formula is C16H28N2O. The molecule has 1 aromatic rings. The molecule has 0 amide bonds. The fourth-order valence-corrected chi connectivity index (χ4v) is 3.47. The van der Waals surface area contributed by atoms with Gasteiger partial charge in [0.25, 0.3) is 0 Å². The van der Waals surface area contributed by atoms with Crippen LogP contribution < -0.4 is 5.32 Å². The Hall–Kier alpha value is -0.800. The van der Waals surface area contributed by atoms with E-state index in [0.29, 0.717) is 18.6 Å². The fraction of sp³-hybridized carbons (Fsp3) is 0.750. The van der Waals surface area contributed by atoms with Crippen molar-refractivity contribution in [2.24, 2.45) is 5.92 Å². The zero-order valence-electron chi connectivity index (χ0n) is 12.6. The molecule has 1 fully saturated rings. The average molecular weight is 264 g/mol. The van der Waals surface area contributed by atoms with E-state index < -0.39 is 0 Å². The van der Waals surface area contributed by atoms with Gasteiger partial charge < -0.3 is 15.0 Å². The van der Waals surface area contributed by atoms with Crippen LogP contribution in [-0.4, -0.2) is 22.3 Å². The second-order valence-electron chi connectivity index (χ2n) is 5.86. The Morgan fingerprint density at radius 3 is 2.68 bits per heavy atom. The molecule has 0 spiro atoms. The zero-order chi connectivity index (χ0) is 13.8. The lowest BCUT2D eigenvalue weighted by Gasteiger charge is -2.31. The van der Waals surface area contributed by atoms with Gasteiger partial charge in [-0.25, -0.2) is 0 Å². The Morgan fingerprint density at radius 1 is 1.32 bits per heavy atom. The first-order valence-electron chi connectivity index (χ1n) is 7.67. The van der Waals surface area contributed by atoms with E-state index in [1.165, 1.54) is 42.6 Å². The summed E-state index contributed by atoms with van der Waals surface area (Å²) in [5, 5.41) is 13.1. The van der Waals surface area contributed by atoms with Crippen molar-refractivity contribution in [1.82, 2.24) is 9.88 Å². The molecule has 3 heteroatoms. The number of hydrogen-bond donors (Lipinski definition) is 2.